The zero-order valence-electron chi connectivity index (χ0n) is 8.79. The number of hydrogen-bond donors (Lipinski definition) is 1. The Morgan fingerprint density at radius 2 is 2.36 bits per heavy atom. The summed E-state index contributed by atoms with van der Waals surface area (Å²) in [6.07, 6.45) is 2.59. The molecule has 1 aromatic heterocycles. The molecule has 1 saturated heterocycles. The number of nitrogens with zero attached hydrogens (tertiary/aromatic N) is 2. The van der Waals surface area contributed by atoms with Gasteiger partial charge in [-0.3, -0.25) is 0 Å². The fraction of sp³-hybridized carbons (Fsp3) is 0.700. The molecule has 4 heteroatoms. The average molecular weight is 211 g/mol. The van der Waals surface area contributed by atoms with Crippen molar-refractivity contribution in [3.05, 3.63) is 6.07 Å². The molecule has 1 aliphatic rings. The van der Waals surface area contributed by atoms with Gasteiger partial charge in [0.05, 0.1) is 0 Å². The van der Waals surface area contributed by atoms with Gasteiger partial charge in [0.15, 0.2) is 0 Å². The molecule has 0 amide bonds. The highest BCUT2D eigenvalue weighted by Gasteiger charge is 2.27. The molecule has 0 aromatic carbocycles. The van der Waals surface area contributed by atoms with Gasteiger partial charge < -0.3 is 10.6 Å². The molecular formula is C10H17N3S. The number of nitrogen functional groups attached to an aromatic ring is 1. The number of nitrogens with two attached hydrogens (primary N) is 1. The van der Waals surface area contributed by atoms with Crippen LogP contribution >= 0.6 is 11.5 Å². The monoisotopic (exact) mass is 211 g/mol. The van der Waals surface area contributed by atoms with Crippen LogP contribution in [-0.2, 0) is 0 Å². The minimum absolute atomic E-state index is 0.428. The molecule has 1 aliphatic heterocycles. The third kappa shape index (κ3) is 2.00. The third-order valence-corrected chi connectivity index (χ3v) is 3.59. The van der Waals surface area contributed by atoms with Crippen molar-refractivity contribution in [2.45, 2.75) is 26.7 Å². The Kier molecular flexibility index (Phi) is 2.39. The lowest BCUT2D eigenvalue weighted by Crippen LogP contribution is -2.39. The Balaban J connectivity index is 2.12. The molecule has 0 bridgehead atoms. The number of aromatic nitrogens is 1. The Morgan fingerprint density at radius 1 is 1.57 bits per heavy atom. The van der Waals surface area contributed by atoms with Crippen molar-refractivity contribution in [1.29, 1.82) is 0 Å². The van der Waals surface area contributed by atoms with Crippen LogP contribution in [0.1, 0.15) is 26.7 Å². The molecule has 1 fully saturated rings. The molecule has 78 valence electrons. The molecule has 0 atom stereocenters. The predicted molar refractivity (Wildman–Crippen MR) is 61.8 cm³/mol. The van der Waals surface area contributed by atoms with Crippen LogP contribution < -0.4 is 10.6 Å². The topological polar surface area (TPSA) is 42.1 Å². The van der Waals surface area contributed by atoms with E-state index in [-0.39, 0.29) is 0 Å². The summed E-state index contributed by atoms with van der Waals surface area (Å²) in [4.78, 5) is 2.40. The van der Waals surface area contributed by atoms with E-state index in [4.69, 9.17) is 5.73 Å². The van der Waals surface area contributed by atoms with E-state index >= 15 is 0 Å². The van der Waals surface area contributed by atoms with E-state index in [9.17, 15) is 0 Å². The smallest absolute Gasteiger partial charge is 0.139 e. The van der Waals surface area contributed by atoms with Crippen molar-refractivity contribution in [1.82, 2.24) is 4.37 Å². The molecular weight excluding hydrogens is 194 g/mol. The van der Waals surface area contributed by atoms with Crippen molar-refractivity contribution >= 4 is 22.4 Å². The average Bonchev–Trinajstić information content (AvgIpc) is 2.50. The number of anilines is 2. The molecule has 0 unspecified atom stereocenters. The van der Waals surface area contributed by atoms with Gasteiger partial charge in [-0.2, -0.15) is 4.37 Å². The first-order chi connectivity index (χ1) is 6.57. The van der Waals surface area contributed by atoms with Gasteiger partial charge in [0.25, 0.3) is 0 Å². The van der Waals surface area contributed by atoms with E-state index in [1.54, 1.807) is 0 Å². The molecule has 3 nitrogen and oxygen atoms in total. The summed E-state index contributed by atoms with van der Waals surface area (Å²) in [5, 5.41) is 1.22. The lowest BCUT2D eigenvalue weighted by atomic mass is 9.84. The molecule has 0 saturated carbocycles. The normalized spacial score (nSPS) is 21.1. The van der Waals surface area contributed by atoms with Crippen molar-refractivity contribution < 1.29 is 0 Å². The molecule has 2 rings (SSSR count). The maximum atomic E-state index is 5.63. The van der Waals surface area contributed by atoms with E-state index < -0.39 is 0 Å². The van der Waals surface area contributed by atoms with Crippen LogP contribution in [0.5, 0.6) is 0 Å². The van der Waals surface area contributed by atoms with Gasteiger partial charge in [-0.25, -0.2) is 0 Å². The first-order valence-electron chi connectivity index (χ1n) is 5.04. The van der Waals surface area contributed by atoms with E-state index in [1.165, 1.54) is 29.4 Å². The second-order valence-corrected chi connectivity index (χ2v) is 5.56. The second kappa shape index (κ2) is 3.42. The summed E-state index contributed by atoms with van der Waals surface area (Å²) in [6.45, 7) is 6.91. The molecule has 14 heavy (non-hydrogen) atoms. The van der Waals surface area contributed by atoms with Crippen molar-refractivity contribution in [2.24, 2.45) is 5.41 Å². The van der Waals surface area contributed by atoms with Gasteiger partial charge in [-0.05, 0) is 29.8 Å². The van der Waals surface area contributed by atoms with Crippen molar-refractivity contribution in [3.63, 3.8) is 0 Å². The maximum Gasteiger partial charge on any atom is 0.139 e. The molecule has 0 radical (unpaired) electrons. The quantitative estimate of drug-likeness (QED) is 0.775. The Hall–Kier alpha value is -0.770. The molecule has 2 heterocycles. The highest BCUT2D eigenvalue weighted by atomic mass is 32.1. The minimum atomic E-state index is 0.428. The van der Waals surface area contributed by atoms with Crippen LogP contribution in [0.2, 0.25) is 0 Å². The summed E-state index contributed by atoms with van der Waals surface area (Å²) in [6, 6.07) is 1.98. The summed E-state index contributed by atoms with van der Waals surface area (Å²) < 4.78 is 4.12. The number of piperidine rings is 1. The largest absolute Gasteiger partial charge is 0.383 e. The number of rotatable bonds is 1. The Labute approximate surface area is 89.1 Å². The molecule has 1 aromatic rings. The van der Waals surface area contributed by atoms with Gasteiger partial charge in [-0.1, -0.05) is 13.8 Å². The zero-order valence-corrected chi connectivity index (χ0v) is 9.60. The van der Waals surface area contributed by atoms with Crippen LogP contribution in [0.15, 0.2) is 6.07 Å². The predicted octanol–water partition coefficient (Wildman–Crippen LogP) is 2.35. The van der Waals surface area contributed by atoms with Crippen LogP contribution in [0.25, 0.3) is 0 Å². The van der Waals surface area contributed by atoms with E-state index in [1.807, 2.05) is 6.07 Å². The maximum absolute atomic E-state index is 5.63. The summed E-state index contributed by atoms with van der Waals surface area (Å²) in [5.41, 5.74) is 6.05. The lowest BCUT2D eigenvalue weighted by molar-refractivity contribution is 0.294. The molecule has 2 N–H and O–H groups in total. The van der Waals surface area contributed by atoms with E-state index in [2.05, 4.69) is 23.1 Å². The molecule has 0 spiro atoms. The fourth-order valence-electron chi connectivity index (χ4n) is 2.04. The van der Waals surface area contributed by atoms with Gasteiger partial charge in [0.2, 0.25) is 0 Å². The van der Waals surface area contributed by atoms with Crippen molar-refractivity contribution in [3.8, 4) is 0 Å². The van der Waals surface area contributed by atoms with Gasteiger partial charge in [0.1, 0.15) is 10.8 Å². The summed E-state index contributed by atoms with van der Waals surface area (Å²) >= 11 is 1.51. The SMILES string of the molecule is CC1(C)CCCN(c2cc(N)ns2)C1. The summed E-state index contributed by atoms with van der Waals surface area (Å²) in [5.74, 6) is 0.647. The van der Waals surface area contributed by atoms with Gasteiger partial charge >= 0.3 is 0 Å². The van der Waals surface area contributed by atoms with Gasteiger partial charge in [0, 0.05) is 19.2 Å². The molecule has 0 aliphatic carbocycles. The van der Waals surface area contributed by atoms with Crippen LogP contribution in [0.3, 0.4) is 0 Å². The first-order valence-corrected chi connectivity index (χ1v) is 5.81. The van der Waals surface area contributed by atoms with E-state index in [0.717, 1.165) is 13.1 Å². The second-order valence-electron chi connectivity index (χ2n) is 4.78. The Morgan fingerprint density at radius 3 is 2.93 bits per heavy atom. The van der Waals surface area contributed by atoms with Gasteiger partial charge in [-0.15, -0.1) is 0 Å². The standard InChI is InChI=1S/C10H17N3S/c1-10(2)4-3-5-13(7-10)9-6-8(11)12-14-9/h6H,3-5,7H2,1-2H3,(H2,11,12). The van der Waals surface area contributed by atoms with Crippen LogP contribution in [0.4, 0.5) is 10.8 Å². The lowest BCUT2D eigenvalue weighted by Gasteiger charge is -2.38. The minimum Gasteiger partial charge on any atom is -0.383 e. The fourth-order valence-corrected chi connectivity index (χ4v) is 2.74. The van der Waals surface area contributed by atoms with Crippen LogP contribution in [0, 0.1) is 5.41 Å². The zero-order chi connectivity index (χ0) is 10.2. The van der Waals surface area contributed by atoms with Crippen molar-refractivity contribution in [2.75, 3.05) is 23.7 Å². The highest BCUT2D eigenvalue weighted by molar-refractivity contribution is 7.10. The van der Waals surface area contributed by atoms with E-state index in [0.29, 0.717) is 11.2 Å². The third-order valence-electron chi connectivity index (χ3n) is 2.73. The first kappa shape index (κ1) is 9.77. The Bertz CT molecular complexity index is 319. The summed E-state index contributed by atoms with van der Waals surface area (Å²) in [7, 11) is 0. The highest BCUT2D eigenvalue weighted by Crippen LogP contribution is 2.33. The van der Waals surface area contributed by atoms with Crippen LogP contribution in [-0.4, -0.2) is 17.5 Å². The number of hydrogen-bond acceptors (Lipinski definition) is 4.